The number of rotatable bonds is 4. The average molecular weight is 266 g/mol. The van der Waals surface area contributed by atoms with Crippen molar-refractivity contribution in [2.45, 2.75) is 6.42 Å². The van der Waals surface area contributed by atoms with Crippen molar-refractivity contribution in [1.29, 1.82) is 5.26 Å². The van der Waals surface area contributed by atoms with Gasteiger partial charge in [-0.2, -0.15) is 5.26 Å². The maximum atomic E-state index is 8.96. The molecule has 98 valence electrons. The van der Waals surface area contributed by atoms with Crippen LogP contribution in [0.25, 0.3) is 0 Å². The quantitative estimate of drug-likeness (QED) is 0.865. The maximum Gasteiger partial charge on any atom is 0.177 e. The molecule has 1 atom stereocenters. The first-order valence-corrected chi connectivity index (χ1v) is 6.76. The Morgan fingerprint density at radius 1 is 1.67 bits per heavy atom. The molecule has 5 nitrogen and oxygen atoms in total. The molecule has 2 rings (SSSR count). The van der Waals surface area contributed by atoms with Gasteiger partial charge < -0.3 is 20.7 Å². The van der Waals surface area contributed by atoms with E-state index in [1.165, 1.54) is 17.8 Å². The van der Waals surface area contributed by atoms with E-state index >= 15 is 0 Å². The van der Waals surface area contributed by atoms with E-state index in [0.717, 1.165) is 24.6 Å². The minimum absolute atomic E-state index is 0.441. The number of hydrogen-bond donors (Lipinski definition) is 2. The first-order valence-electron chi connectivity index (χ1n) is 5.94. The fourth-order valence-electron chi connectivity index (χ4n) is 2.26. The molecule has 2 heterocycles. The molecule has 1 saturated heterocycles. The summed E-state index contributed by atoms with van der Waals surface area (Å²) in [6, 6.07) is 2.09. The lowest BCUT2D eigenvalue weighted by Gasteiger charge is -2.12. The molecule has 0 aliphatic carbocycles. The summed E-state index contributed by atoms with van der Waals surface area (Å²) in [4.78, 5) is 2.84. The zero-order chi connectivity index (χ0) is 13.1. The van der Waals surface area contributed by atoms with Gasteiger partial charge in [-0.05, 0) is 25.9 Å². The number of ether oxygens (including phenoxy) is 1. The molecule has 0 saturated carbocycles. The Balaban J connectivity index is 2.03. The number of nitrogens with one attached hydrogen (secondary N) is 1. The van der Waals surface area contributed by atoms with Crippen LogP contribution in [0.2, 0.25) is 0 Å². The molecule has 0 bridgehead atoms. The van der Waals surface area contributed by atoms with E-state index in [0.29, 0.717) is 22.2 Å². The van der Waals surface area contributed by atoms with Crippen molar-refractivity contribution >= 4 is 22.0 Å². The summed E-state index contributed by atoms with van der Waals surface area (Å²) in [7, 11) is 3.71. The molecule has 1 aliphatic heterocycles. The van der Waals surface area contributed by atoms with Gasteiger partial charge in [0, 0.05) is 13.1 Å². The molecule has 1 aromatic heterocycles. The van der Waals surface area contributed by atoms with Crippen LogP contribution in [0.15, 0.2) is 0 Å². The SMILES string of the molecule is COc1c(NCC2CCN(C)C2)sc(C#N)c1N. The summed E-state index contributed by atoms with van der Waals surface area (Å²) < 4.78 is 5.26. The van der Waals surface area contributed by atoms with Crippen LogP contribution < -0.4 is 15.8 Å². The predicted molar refractivity (Wildman–Crippen MR) is 74.1 cm³/mol. The molecule has 0 spiro atoms. The number of nitrogen functional groups attached to an aromatic ring is 1. The van der Waals surface area contributed by atoms with Crippen LogP contribution in [0.1, 0.15) is 11.3 Å². The van der Waals surface area contributed by atoms with Gasteiger partial charge in [-0.1, -0.05) is 0 Å². The average Bonchev–Trinajstić information content (AvgIpc) is 2.90. The van der Waals surface area contributed by atoms with E-state index in [-0.39, 0.29) is 0 Å². The van der Waals surface area contributed by atoms with Crippen LogP contribution >= 0.6 is 11.3 Å². The number of nitriles is 1. The van der Waals surface area contributed by atoms with Crippen LogP contribution in [0.3, 0.4) is 0 Å². The highest BCUT2D eigenvalue weighted by Crippen LogP contribution is 2.42. The van der Waals surface area contributed by atoms with Gasteiger partial charge in [0.1, 0.15) is 21.6 Å². The van der Waals surface area contributed by atoms with Gasteiger partial charge in [0.2, 0.25) is 0 Å². The Morgan fingerprint density at radius 3 is 3.00 bits per heavy atom. The number of anilines is 2. The fourth-order valence-corrected chi connectivity index (χ4v) is 3.15. The van der Waals surface area contributed by atoms with Crippen molar-refractivity contribution in [1.82, 2.24) is 4.90 Å². The molecule has 3 N–H and O–H groups in total. The lowest BCUT2D eigenvalue weighted by atomic mass is 10.1. The van der Waals surface area contributed by atoms with E-state index < -0.39 is 0 Å². The Hall–Kier alpha value is -1.45. The van der Waals surface area contributed by atoms with Crippen LogP contribution in [0.5, 0.6) is 5.75 Å². The number of nitrogens with zero attached hydrogens (tertiary/aromatic N) is 2. The highest BCUT2D eigenvalue weighted by atomic mass is 32.1. The minimum atomic E-state index is 0.441. The largest absolute Gasteiger partial charge is 0.492 e. The predicted octanol–water partition coefficient (Wildman–Crippen LogP) is 1.57. The number of nitrogens with two attached hydrogens (primary N) is 1. The Kier molecular flexibility index (Phi) is 3.94. The number of methoxy groups -OCH3 is 1. The second-order valence-corrected chi connectivity index (χ2v) is 5.64. The van der Waals surface area contributed by atoms with Crippen molar-refractivity contribution in [3.8, 4) is 11.8 Å². The topological polar surface area (TPSA) is 74.3 Å². The van der Waals surface area contributed by atoms with Crippen molar-refractivity contribution in [2.24, 2.45) is 5.92 Å². The third-order valence-corrected chi connectivity index (χ3v) is 4.29. The van der Waals surface area contributed by atoms with Gasteiger partial charge in [-0.3, -0.25) is 0 Å². The van der Waals surface area contributed by atoms with Gasteiger partial charge in [0.05, 0.1) is 7.11 Å². The molecular weight excluding hydrogens is 248 g/mol. The molecule has 1 fully saturated rings. The number of hydrogen-bond acceptors (Lipinski definition) is 6. The molecule has 0 aromatic carbocycles. The summed E-state index contributed by atoms with van der Waals surface area (Å²) in [6.07, 6.45) is 1.21. The molecule has 0 radical (unpaired) electrons. The first kappa shape index (κ1) is 13.0. The third kappa shape index (κ3) is 2.52. The molecular formula is C12H18N4OS. The van der Waals surface area contributed by atoms with Crippen molar-refractivity contribution in [3.63, 3.8) is 0 Å². The molecule has 1 aliphatic rings. The van der Waals surface area contributed by atoms with Gasteiger partial charge in [0.25, 0.3) is 0 Å². The van der Waals surface area contributed by atoms with Gasteiger partial charge >= 0.3 is 0 Å². The molecule has 1 aromatic rings. The standard InChI is InChI=1S/C12H18N4OS/c1-16-4-3-8(7-16)6-15-12-11(17-2)10(14)9(5-13)18-12/h8,15H,3-4,6-7,14H2,1-2H3. The Labute approximate surface area is 111 Å². The van der Waals surface area contributed by atoms with Crippen LogP contribution in [0, 0.1) is 17.2 Å². The second-order valence-electron chi connectivity index (χ2n) is 4.62. The molecule has 0 amide bonds. The monoisotopic (exact) mass is 266 g/mol. The summed E-state index contributed by atoms with van der Waals surface area (Å²) >= 11 is 1.36. The van der Waals surface area contributed by atoms with Crippen LogP contribution in [-0.4, -0.2) is 38.7 Å². The van der Waals surface area contributed by atoms with Crippen LogP contribution in [0.4, 0.5) is 10.7 Å². The summed E-state index contributed by atoms with van der Waals surface area (Å²) in [5.74, 6) is 1.25. The zero-order valence-electron chi connectivity index (χ0n) is 10.7. The Bertz CT molecular complexity index is 465. The fraction of sp³-hybridized carbons (Fsp3) is 0.583. The van der Waals surface area contributed by atoms with E-state index in [1.807, 2.05) is 0 Å². The first-order chi connectivity index (χ1) is 8.65. The number of thiophene rings is 1. The zero-order valence-corrected chi connectivity index (χ0v) is 11.5. The lowest BCUT2D eigenvalue weighted by molar-refractivity contribution is 0.398. The molecule has 6 heteroatoms. The van der Waals surface area contributed by atoms with Gasteiger partial charge in [0.15, 0.2) is 5.75 Å². The van der Waals surface area contributed by atoms with Gasteiger partial charge in [-0.25, -0.2) is 0 Å². The van der Waals surface area contributed by atoms with Gasteiger partial charge in [-0.15, -0.1) is 11.3 Å². The van der Waals surface area contributed by atoms with Crippen molar-refractivity contribution in [3.05, 3.63) is 4.88 Å². The summed E-state index contributed by atoms with van der Waals surface area (Å²) in [6.45, 7) is 3.16. The van der Waals surface area contributed by atoms with E-state index in [1.54, 1.807) is 7.11 Å². The number of likely N-dealkylation sites (tertiary alicyclic amines) is 1. The lowest BCUT2D eigenvalue weighted by Crippen LogP contribution is -2.18. The third-order valence-electron chi connectivity index (χ3n) is 3.25. The smallest absolute Gasteiger partial charge is 0.177 e. The maximum absolute atomic E-state index is 8.96. The highest BCUT2D eigenvalue weighted by molar-refractivity contribution is 7.17. The summed E-state index contributed by atoms with van der Waals surface area (Å²) in [5, 5.41) is 13.2. The second kappa shape index (κ2) is 5.46. The molecule has 1 unspecified atom stereocenters. The van der Waals surface area contributed by atoms with Crippen LogP contribution in [-0.2, 0) is 0 Å². The van der Waals surface area contributed by atoms with Crippen molar-refractivity contribution in [2.75, 3.05) is 44.8 Å². The minimum Gasteiger partial charge on any atom is -0.492 e. The molecule has 18 heavy (non-hydrogen) atoms. The highest BCUT2D eigenvalue weighted by Gasteiger charge is 2.21. The van der Waals surface area contributed by atoms with E-state index in [9.17, 15) is 0 Å². The van der Waals surface area contributed by atoms with E-state index in [2.05, 4.69) is 23.3 Å². The summed E-state index contributed by atoms with van der Waals surface area (Å²) in [5.41, 5.74) is 6.29. The van der Waals surface area contributed by atoms with Crippen molar-refractivity contribution < 1.29 is 4.74 Å². The normalized spacial score (nSPS) is 19.7. The van der Waals surface area contributed by atoms with E-state index in [4.69, 9.17) is 15.7 Å². The Morgan fingerprint density at radius 2 is 2.44 bits per heavy atom.